The molecule has 0 amide bonds. The molecule has 0 aromatic heterocycles. The highest BCUT2D eigenvalue weighted by atomic mass is 15.3. The van der Waals surface area contributed by atoms with Gasteiger partial charge in [-0.3, -0.25) is 0 Å². The highest BCUT2D eigenvalue weighted by molar-refractivity contribution is 5.56. The fourth-order valence-corrected chi connectivity index (χ4v) is 3.27. The van der Waals surface area contributed by atoms with Gasteiger partial charge in [0.1, 0.15) is 0 Å². The maximum Gasteiger partial charge on any atom is 0.0545 e. The number of rotatable bonds is 2. The minimum atomic E-state index is 0.114. The van der Waals surface area contributed by atoms with E-state index in [-0.39, 0.29) is 5.54 Å². The second-order valence-corrected chi connectivity index (χ2v) is 6.06. The summed E-state index contributed by atoms with van der Waals surface area (Å²) < 4.78 is 0. The second-order valence-electron chi connectivity index (χ2n) is 6.06. The standard InChI is InChI=1S/C15H25N3/c1-12-7-5-6-8-14(12)18-13(9-16)10-17(4)11-15(18,2)3/h5-8,13H,9-11,16H2,1-4H3. The third-order valence-corrected chi connectivity index (χ3v) is 3.84. The van der Waals surface area contributed by atoms with Crippen molar-refractivity contribution in [3.05, 3.63) is 29.8 Å². The Hall–Kier alpha value is -1.06. The molecule has 1 aliphatic rings. The summed E-state index contributed by atoms with van der Waals surface area (Å²) in [4.78, 5) is 4.90. The summed E-state index contributed by atoms with van der Waals surface area (Å²) in [7, 11) is 2.18. The van der Waals surface area contributed by atoms with Crippen LogP contribution in [0.25, 0.3) is 0 Å². The van der Waals surface area contributed by atoms with Crippen molar-refractivity contribution in [3.8, 4) is 0 Å². The van der Waals surface area contributed by atoms with E-state index in [0.29, 0.717) is 12.6 Å². The Labute approximate surface area is 111 Å². The van der Waals surface area contributed by atoms with Gasteiger partial charge >= 0.3 is 0 Å². The lowest BCUT2D eigenvalue weighted by molar-refractivity contribution is 0.182. The van der Waals surface area contributed by atoms with Gasteiger partial charge in [-0.25, -0.2) is 0 Å². The quantitative estimate of drug-likeness (QED) is 0.866. The van der Waals surface area contributed by atoms with Crippen LogP contribution in [0, 0.1) is 6.92 Å². The molecule has 2 N–H and O–H groups in total. The van der Waals surface area contributed by atoms with E-state index in [1.807, 2.05) is 0 Å². The predicted octanol–water partition coefficient (Wildman–Crippen LogP) is 1.85. The molecular formula is C15H25N3. The number of hydrogen-bond donors (Lipinski definition) is 1. The van der Waals surface area contributed by atoms with Gasteiger partial charge in [0, 0.05) is 30.9 Å². The molecule has 18 heavy (non-hydrogen) atoms. The number of nitrogens with two attached hydrogens (primary N) is 1. The SMILES string of the molecule is Cc1ccccc1N1C(CN)CN(C)CC1(C)C. The molecule has 2 rings (SSSR count). The zero-order valence-corrected chi connectivity index (χ0v) is 12.0. The van der Waals surface area contributed by atoms with Crippen molar-refractivity contribution in [2.45, 2.75) is 32.4 Å². The first-order valence-corrected chi connectivity index (χ1v) is 6.69. The number of likely N-dealkylation sites (N-methyl/N-ethyl adjacent to an activating group) is 1. The van der Waals surface area contributed by atoms with Crippen LogP contribution in [0.1, 0.15) is 19.4 Å². The molecule has 1 aromatic rings. The van der Waals surface area contributed by atoms with Gasteiger partial charge in [-0.15, -0.1) is 0 Å². The lowest BCUT2D eigenvalue weighted by atomic mass is 9.93. The molecule has 1 aliphatic heterocycles. The van der Waals surface area contributed by atoms with Gasteiger partial charge in [0.2, 0.25) is 0 Å². The molecule has 1 saturated heterocycles. The third kappa shape index (κ3) is 2.38. The zero-order valence-electron chi connectivity index (χ0n) is 12.0. The second kappa shape index (κ2) is 4.90. The number of para-hydroxylation sites is 1. The van der Waals surface area contributed by atoms with E-state index in [9.17, 15) is 0 Å². The average Bonchev–Trinajstić information content (AvgIpc) is 2.28. The Morgan fingerprint density at radius 3 is 2.61 bits per heavy atom. The van der Waals surface area contributed by atoms with Crippen LogP contribution in [0.15, 0.2) is 24.3 Å². The van der Waals surface area contributed by atoms with E-state index < -0.39 is 0 Å². The summed E-state index contributed by atoms with van der Waals surface area (Å²) in [5, 5.41) is 0. The fraction of sp³-hybridized carbons (Fsp3) is 0.600. The molecule has 3 heteroatoms. The van der Waals surface area contributed by atoms with E-state index in [1.165, 1.54) is 11.3 Å². The van der Waals surface area contributed by atoms with E-state index >= 15 is 0 Å². The summed E-state index contributed by atoms with van der Waals surface area (Å²) in [5.41, 5.74) is 8.76. The monoisotopic (exact) mass is 247 g/mol. The fourth-order valence-electron chi connectivity index (χ4n) is 3.27. The molecule has 0 bridgehead atoms. The van der Waals surface area contributed by atoms with E-state index in [1.54, 1.807) is 0 Å². The van der Waals surface area contributed by atoms with E-state index in [0.717, 1.165) is 13.1 Å². The van der Waals surface area contributed by atoms with Crippen molar-refractivity contribution in [1.29, 1.82) is 0 Å². The summed E-state index contributed by atoms with van der Waals surface area (Å²) in [6.07, 6.45) is 0. The lowest BCUT2D eigenvalue weighted by Gasteiger charge is -2.52. The number of nitrogens with zero attached hydrogens (tertiary/aromatic N) is 2. The van der Waals surface area contributed by atoms with Crippen molar-refractivity contribution >= 4 is 5.69 Å². The third-order valence-electron chi connectivity index (χ3n) is 3.84. The first-order valence-electron chi connectivity index (χ1n) is 6.69. The summed E-state index contributed by atoms with van der Waals surface area (Å²) in [6.45, 7) is 9.58. The first-order chi connectivity index (χ1) is 8.45. The number of hydrogen-bond acceptors (Lipinski definition) is 3. The Kier molecular flexibility index (Phi) is 3.64. The van der Waals surface area contributed by atoms with Gasteiger partial charge in [-0.1, -0.05) is 18.2 Å². The Morgan fingerprint density at radius 1 is 1.33 bits per heavy atom. The van der Waals surface area contributed by atoms with Crippen molar-refractivity contribution in [2.24, 2.45) is 5.73 Å². The Morgan fingerprint density at radius 2 is 2.00 bits per heavy atom. The molecule has 100 valence electrons. The van der Waals surface area contributed by atoms with Crippen LogP contribution >= 0.6 is 0 Å². The van der Waals surface area contributed by atoms with E-state index in [4.69, 9.17) is 5.73 Å². The van der Waals surface area contributed by atoms with Crippen LogP contribution in [-0.2, 0) is 0 Å². The predicted molar refractivity (Wildman–Crippen MR) is 78.1 cm³/mol. The zero-order chi connectivity index (χ0) is 13.3. The van der Waals surface area contributed by atoms with Gasteiger partial charge < -0.3 is 15.5 Å². The van der Waals surface area contributed by atoms with Crippen LogP contribution < -0.4 is 10.6 Å². The van der Waals surface area contributed by atoms with Crippen LogP contribution in [0.3, 0.4) is 0 Å². The molecule has 1 heterocycles. The van der Waals surface area contributed by atoms with Crippen molar-refractivity contribution < 1.29 is 0 Å². The largest absolute Gasteiger partial charge is 0.359 e. The summed E-state index contributed by atoms with van der Waals surface area (Å²) in [5.74, 6) is 0. The lowest BCUT2D eigenvalue weighted by Crippen LogP contribution is -2.65. The minimum absolute atomic E-state index is 0.114. The van der Waals surface area contributed by atoms with Crippen LogP contribution in [-0.4, -0.2) is 43.2 Å². The van der Waals surface area contributed by atoms with Crippen molar-refractivity contribution in [3.63, 3.8) is 0 Å². The van der Waals surface area contributed by atoms with Crippen LogP contribution in [0.2, 0.25) is 0 Å². The molecule has 0 saturated carbocycles. The minimum Gasteiger partial charge on any atom is -0.359 e. The number of benzene rings is 1. The molecule has 1 aromatic carbocycles. The van der Waals surface area contributed by atoms with Gasteiger partial charge in [0.15, 0.2) is 0 Å². The molecule has 0 radical (unpaired) electrons. The number of aryl methyl sites for hydroxylation is 1. The smallest absolute Gasteiger partial charge is 0.0545 e. The molecule has 1 atom stereocenters. The van der Waals surface area contributed by atoms with Gasteiger partial charge in [-0.05, 0) is 39.4 Å². The van der Waals surface area contributed by atoms with Gasteiger partial charge in [-0.2, -0.15) is 0 Å². The molecule has 1 fully saturated rings. The summed E-state index contributed by atoms with van der Waals surface area (Å²) in [6, 6.07) is 8.99. The van der Waals surface area contributed by atoms with E-state index in [2.05, 4.69) is 61.9 Å². The topological polar surface area (TPSA) is 32.5 Å². The molecule has 1 unspecified atom stereocenters. The maximum atomic E-state index is 6.00. The molecule has 3 nitrogen and oxygen atoms in total. The number of piperazine rings is 1. The highest BCUT2D eigenvalue weighted by Crippen LogP contribution is 2.32. The molecular weight excluding hydrogens is 222 g/mol. The highest BCUT2D eigenvalue weighted by Gasteiger charge is 2.38. The number of anilines is 1. The Balaban J connectivity index is 2.42. The molecule has 0 aliphatic carbocycles. The average molecular weight is 247 g/mol. The van der Waals surface area contributed by atoms with Gasteiger partial charge in [0.05, 0.1) is 6.04 Å². The Bertz CT molecular complexity index is 414. The van der Waals surface area contributed by atoms with Gasteiger partial charge in [0.25, 0.3) is 0 Å². The maximum absolute atomic E-state index is 6.00. The summed E-state index contributed by atoms with van der Waals surface area (Å²) >= 11 is 0. The van der Waals surface area contributed by atoms with Crippen LogP contribution in [0.4, 0.5) is 5.69 Å². The normalized spacial score (nSPS) is 24.3. The van der Waals surface area contributed by atoms with Crippen molar-refractivity contribution in [2.75, 3.05) is 31.6 Å². The van der Waals surface area contributed by atoms with Crippen molar-refractivity contribution in [1.82, 2.24) is 4.90 Å². The van der Waals surface area contributed by atoms with Crippen LogP contribution in [0.5, 0.6) is 0 Å². The molecule has 0 spiro atoms. The first kappa shape index (κ1) is 13.4.